The van der Waals surface area contributed by atoms with Crippen LogP contribution in [0.25, 0.3) is 0 Å². The number of aliphatic carboxylic acids is 1. The summed E-state index contributed by atoms with van der Waals surface area (Å²) in [7, 11) is 0. The molecule has 0 bridgehead atoms. The second-order valence-electron chi connectivity index (χ2n) is 4.07. The van der Waals surface area contributed by atoms with Gasteiger partial charge in [0.2, 0.25) is 0 Å². The van der Waals surface area contributed by atoms with Gasteiger partial charge in [0.15, 0.2) is 0 Å². The van der Waals surface area contributed by atoms with Crippen molar-refractivity contribution in [1.29, 1.82) is 5.41 Å². The van der Waals surface area contributed by atoms with Crippen molar-refractivity contribution >= 4 is 23.5 Å². The summed E-state index contributed by atoms with van der Waals surface area (Å²) < 4.78 is 0. The number of hydrogen-bond donors (Lipinski definition) is 5. The van der Waals surface area contributed by atoms with Crippen molar-refractivity contribution in [3.8, 4) is 0 Å². The van der Waals surface area contributed by atoms with E-state index in [1.54, 1.807) is 24.3 Å². The Morgan fingerprint density at radius 3 is 2.42 bits per heavy atom. The molecule has 1 aromatic carbocycles. The lowest BCUT2D eigenvalue weighted by atomic mass is 10.2. The number of amidine groups is 1. The molecule has 0 aliphatic carbocycles. The Morgan fingerprint density at radius 2 is 1.95 bits per heavy atom. The van der Waals surface area contributed by atoms with Crippen molar-refractivity contribution < 1.29 is 14.7 Å². The zero-order valence-electron chi connectivity index (χ0n) is 10.4. The van der Waals surface area contributed by atoms with Gasteiger partial charge in [-0.25, -0.2) is 4.79 Å². The lowest BCUT2D eigenvalue weighted by molar-refractivity contribution is -0.140. The van der Waals surface area contributed by atoms with Gasteiger partial charge < -0.3 is 21.5 Å². The van der Waals surface area contributed by atoms with Crippen LogP contribution in [0.1, 0.15) is 12.5 Å². The molecule has 0 spiro atoms. The Morgan fingerprint density at radius 1 is 1.37 bits per heavy atom. The third-order valence-electron chi connectivity index (χ3n) is 2.44. The number of benzene rings is 1. The number of nitrogen functional groups attached to an aromatic ring is 1. The Labute approximate surface area is 110 Å². The van der Waals surface area contributed by atoms with Gasteiger partial charge >= 0.3 is 12.0 Å². The molecule has 0 heterocycles. The average Bonchev–Trinajstić information content (AvgIpc) is 2.36. The molecule has 1 aromatic rings. The lowest BCUT2D eigenvalue weighted by Gasteiger charge is -2.10. The van der Waals surface area contributed by atoms with Gasteiger partial charge in [-0.05, 0) is 24.3 Å². The van der Waals surface area contributed by atoms with Crippen LogP contribution in [-0.4, -0.2) is 29.5 Å². The maximum absolute atomic E-state index is 11.5. The minimum atomic E-state index is -0.967. The summed E-state index contributed by atoms with van der Waals surface area (Å²) in [6.45, 7) is 1.55. The molecule has 2 amide bonds. The molecular weight excluding hydrogens is 248 g/mol. The second kappa shape index (κ2) is 6.39. The highest BCUT2D eigenvalue weighted by Gasteiger charge is 2.11. The number of urea groups is 1. The standard InChI is InChI=1S/C12H16N4O3/c1-7(11(17)18)6-15-12(19)16-9-4-2-8(3-5-9)10(13)14/h2-5,7H,6H2,1H3,(H3,13,14)(H,17,18)(H2,15,16,19). The zero-order valence-corrected chi connectivity index (χ0v) is 10.4. The predicted molar refractivity (Wildman–Crippen MR) is 71.3 cm³/mol. The first-order chi connectivity index (χ1) is 8.90. The van der Waals surface area contributed by atoms with Gasteiger partial charge in [0.1, 0.15) is 5.84 Å². The highest BCUT2D eigenvalue weighted by Crippen LogP contribution is 2.08. The van der Waals surface area contributed by atoms with Crippen LogP contribution in [0.2, 0.25) is 0 Å². The van der Waals surface area contributed by atoms with Crippen LogP contribution in [0.5, 0.6) is 0 Å². The third kappa shape index (κ3) is 4.66. The molecule has 7 heteroatoms. The molecular formula is C12H16N4O3. The number of carboxylic acids is 1. The SMILES string of the molecule is CC(CNC(=O)Nc1ccc(C(=N)N)cc1)C(=O)O. The molecule has 1 rings (SSSR count). The highest BCUT2D eigenvalue weighted by atomic mass is 16.4. The van der Waals surface area contributed by atoms with Crippen LogP contribution >= 0.6 is 0 Å². The molecule has 1 unspecified atom stereocenters. The largest absolute Gasteiger partial charge is 0.481 e. The zero-order chi connectivity index (χ0) is 14.4. The number of nitrogens with two attached hydrogens (primary N) is 1. The van der Waals surface area contributed by atoms with Crippen LogP contribution in [0, 0.1) is 11.3 Å². The molecule has 7 nitrogen and oxygen atoms in total. The fraction of sp³-hybridized carbons (Fsp3) is 0.250. The molecule has 0 aliphatic rings. The molecule has 1 atom stereocenters. The number of rotatable bonds is 5. The molecule has 0 radical (unpaired) electrons. The van der Waals surface area contributed by atoms with Crippen molar-refractivity contribution in [3.05, 3.63) is 29.8 Å². The maximum Gasteiger partial charge on any atom is 0.319 e. The summed E-state index contributed by atoms with van der Waals surface area (Å²) in [6.07, 6.45) is 0. The van der Waals surface area contributed by atoms with Gasteiger partial charge in [-0.1, -0.05) is 6.92 Å². The Hall–Kier alpha value is -2.57. The molecule has 102 valence electrons. The van der Waals surface area contributed by atoms with E-state index in [-0.39, 0.29) is 12.4 Å². The van der Waals surface area contributed by atoms with Crippen molar-refractivity contribution in [2.45, 2.75) is 6.92 Å². The number of hydrogen-bond acceptors (Lipinski definition) is 3. The molecule has 0 aliphatic heterocycles. The van der Waals surface area contributed by atoms with Gasteiger partial charge in [0.05, 0.1) is 5.92 Å². The van der Waals surface area contributed by atoms with Crippen molar-refractivity contribution in [3.63, 3.8) is 0 Å². The topological polar surface area (TPSA) is 128 Å². The summed E-state index contributed by atoms with van der Waals surface area (Å²) in [5.74, 6) is -1.66. The molecule has 0 aromatic heterocycles. The number of carbonyl (C=O) groups excluding carboxylic acids is 1. The second-order valence-corrected chi connectivity index (χ2v) is 4.07. The maximum atomic E-state index is 11.5. The van der Waals surface area contributed by atoms with Crippen LogP contribution in [0.4, 0.5) is 10.5 Å². The van der Waals surface area contributed by atoms with Gasteiger partial charge in [0.25, 0.3) is 0 Å². The first-order valence-electron chi connectivity index (χ1n) is 5.62. The van der Waals surface area contributed by atoms with Gasteiger partial charge in [-0.15, -0.1) is 0 Å². The van der Waals surface area contributed by atoms with E-state index in [2.05, 4.69) is 10.6 Å². The Balaban J connectivity index is 2.48. The van der Waals surface area contributed by atoms with Crippen LogP contribution in [0.15, 0.2) is 24.3 Å². The molecule has 0 fully saturated rings. The van der Waals surface area contributed by atoms with Crippen molar-refractivity contribution in [1.82, 2.24) is 5.32 Å². The molecule has 0 saturated heterocycles. The Kier molecular flexibility index (Phi) is 4.87. The summed E-state index contributed by atoms with van der Waals surface area (Å²) >= 11 is 0. The van der Waals surface area contributed by atoms with Crippen molar-refractivity contribution in [2.24, 2.45) is 11.7 Å². The third-order valence-corrected chi connectivity index (χ3v) is 2.44. The predicted octanol–water partition coefficient (Wildman–Crippen LogP) is 0.813. The lowest BCUT2D eigenvalue weighted by Crippen LogP contribution is -2.34. The van der Waals surface area contributed by atoms with E-state index in [9.17, 15) is 9.59 Å². The minimum absolute atomic E-state index is 0.0483. The number of nitrogens with one attached hydrogen (secondary N) is 3. The number of amides is 2. The molecule has 19 heavy (non-hydrogen) atoms. The van der Waals surface area contributed by atoms with E-state index in [0.717, 1.165) is 0 Å². The number of anilines is 1. The molecule has 0 saturated carbocycles. The highest BCUT2D eigenvalue weighted by molar-refractivity contribution is 5.96. The van der Waals surface area contributed by atoms with E-state index in [1.165, 1.54) is 6.92 Å². The van der Waals surface area contributed by atoms with Gasteiger partial charge in [-0.3, -0.25) is 10.2 Å². The quantitative estimate of drug-likeness (QED) is 0.398. The first-order valence-corrected chi connectivity index (χ1v) is 5.62. The smallest absolute Gasteiger partial charge is 0.319 e. The van der Waals surface area contributed by atoms with Crippen LogP contribution < -0.4 is 16.4 Å². The van der Waals surface area contributed by atoms with Crippen LogP contribution in [-0.2, 0) is 4.79 Å². The van der Waals surface area contributed by atoms with Crippen molar-refractivity contribution in [2.75, 3.05) is 11.9 Å². The van der Waals surface area contributed by atoms with E-state index in [1.807, 2.05) is 0 Å². The monoisotopic (exact) mass is 264 g/mol. The van der Waals surface area contributed by atoms with E-state index < -0.39 is 17.9 Å². The summed E-state index contributed by atoms with van der Waals surface area (Å²) in [5, 5.41) is 20.9. The van der Waals surface area contributed by atoms with E-state index in [0.29, 0.717) is 11.3 Å². The summed E-state index contributed by atoms with van der Waals surface area (Å²) in [5.41, 5.74) is 6.40. The first kappa shape index (κ1) is 14.5. The molecule has 6 N–H and O–H groups in total. The van der Waals surface area contributed by atoms with Gasteiger partial charge in [0, 0.05) is 17.8 Å². The summed E-state index contributed by atoms with van der Waals surface area (Å²) in [4.78, 5) is 22.0. The minimum Gasteiger partial charge on any atom is -0.481 e. The fourth-order valence-corrected chi connectivity index (χ4v) is 1.24. The van der Waals surface area contributed by atoms with E-state index >= 15 is 0 Å². The fourth-order valence-electron chi connectivity index (χ4n) is 1.24. The summed E-state index contributed by atoms with van der Waals surface area (Å²) in [6, 6.07) is 5.95. The number of carbonyl (C=O) groups is 2. The van der Waals surface area contributed by atoms with Crippen LogP contribution in [0.3, 0.4) is 0 Å². The van der Waals surface area contributed by atoms with Gasteiger partial charge in [-0.2, -0.15) is 0 Å². The normalized spacial score (nSPS) is 11.4. The van der Waals surface area contributed by atoms with E-state index in [4.69, 9.17) is 16.2 Å². The average molecular weight is 264 g/mol. The Bertz CT molecular complexity index is 484. The number of carboxylic acid groups (broad SMARTS) is 1.